The molecule has 8 heteroatoms. The number of hydrogen-bond acceptors (Lipinski definition) is 4. The molecule has 0 aromatic carbocycles. The van der Waals surface area contributed by atoms with E-state index in [1.165, 1.54) is 0 Å². The van der Waals surface area contributed by atoms with Crippen LogP contribution in [0.4, 0.5) is 0 Å². The van der Waals surface area contributed by atoms with Gasteiger partial charge in [-0.05, 0) is 26.7 Å². The van der Waals surface area contributed by atoms with Gasteiger partial charge in [-0.2, -0.15) is 8.42 Å². The largest absolute Gasteiger partial charge is 0.394 e. The Labute approximate surface area is 83.8 Å². The maximum Gasteiger partial charge on any atom is 0.394 e. The quantitative estimate of drug-likeness (QED) is 0.596. The second kappa shape index (κ2) is 4.13. The van der Waals surface area contributed by atoms with Crippen LogP contribution in [-0.2, 0) is 20.2 Å². The first-order chi connectivity index (χ1) is 5.96. The van der Waals surface area contributed by atoms with Gasteiger partial charge in [0.05, 0.1) is 10.5 Å². The fourth-order valence-electron chi connectivity index (χ4n) is 1.12. The van der Waals surface area contributed by atoms with E-state index in [1.54, 1.807) is 13.8 Å². The summed E-state index contributed by atoms with van der Waals surface area (Å²) >= 11 is 0. The van der Waals surface area contributed by atoms with Crippen molar-refractivity contribution in [2.24, 2.45) is 0 Å². The maximum absolute atomic E-state index is 11.1. The molecule has 1 saturated heterocycles. The van der Waals surface area contributed by atoms with Gasteiger partial charge in [-0.15, -0.1) is 0 Å². The van der Waals surface area contributed by atoms with E-state index < -0.39 is 25.0 Å². The molecule has 1 heterocycles. The molecule has 0 aliphatic carbocycles. The zero-order chi connectivity index (χ0) is 11.6. The summed E-state index contributed by atoms with van der Waals surface area (Å²) in [6.45, 7) is 3.60. The molecule has 0 bridgehead atoms. The Bertz CT molecular complexity index is 369. The van der Waals surface area contributed by atoms with Crippen molar-refractivity contribution in [1.82, 2.24) is 0 Å². The molecule has 0 aromatic heterocycles. The van der Waals surface area contributed by atoms with Gasteiger partial charge in [-0.3, -0.25) is 9.11 Å². The molecule has 14 heavy (non-hydrogen) atoms. The van der Waals surface area contributed by atoms with Crippen LogP contribution in [0.25, 0.3) is 0 Å². The monoisotopic (exact) mass is 246 g/mol. The van der Waals surface area contributed by atoms with Crippen LogP contribution in [0.1, 0.15) is 26.7 Å². The minimum Gasteiger partial charge on any atom is -0.264 e. The molecule has 2 N–H and O–H groups in total. The summed E-state index contributed by atoms with van der Waals surface area (Å²) in [5.41, 5.74) is 0. The van der Waals surface area contributed by atoms with Gasteiger partial charge in [0.1, 0.15) is 0 Å². The van der Waals surface area contributed by atoms with Crippen molar-refractivity contribution in [3.8, 4) is 0 Å². The highest BCUT2D eigenvalue weighted by Gasteiger charge is 2.38. The van der Waals surface area contributed by atoms with Crippen LogP contribution in [0.3, 0.4) is 0 Å². The zero-order valence-corrected chi connectivity index (χ0v) is 9.60. The maximum atomic E-state index is 11.1. The summed E-state index contributed by atoms with van der Waals surface area (Å²) in [4.78, 5) is 0. The van der Waals surface area contributed by atoms with Crippen molar-refractivity contribution in [1.29, 1.82) is 0 Å². The topological polar surface area (TPSA) is 109 Å². The standard InChI is InChI=1S/C6H12O2S.H2O4S/c1-6(2)4-3-5-9(6,7)8;1-5(2,3)4/h3-5H2,1-2H3;(H2,1,2,3,4). The highest BCUT2D eigenvalue weighted by Crippen LogP contribution is 2.30. The third-order valence-electron chi connectivity index (χ3n) is 2.03. The average Bonchev–Trinajstić information content (AvgIpc) is 2.01. The number of hydrogen-bond donors (Lipinski definition) is 2. The Morgan fingerprint density at radius 1 is 1.21 bits per heavy atom. The highest BCUT2D eigenvalue weighted by atomic mass is 32.3. The second-order valence-corrected chi connectivity index (χ2v) is 7.27. The van der Waals surface area contributed by atoms with Gasteiger partial charge < -0.3 is 0 Å². The summed E-state index contributed by atoms with van der Waals surface area (Å²) in [6.07, 6.45) is 1.67. The van der Waals surface area contributed by atoms with Crippen molar-refractivity contribution in [3.05, 3.63) is 0 Å². The lowest BCUT2D eigenvalue weighted by Crippen LogP contribution is -2.26. The number of sulfone groups is 1. The first-order valence-corrected chi connectivity index (χ1v) is 6.93. The van der Waals surface area contributed by atoms with Crippen molar-refractivity contribution in [2.45, 2.75) is 31.4 Å². The lowest BCUT2D eigenvalue weighted by Gasteiger charge is -2.14. The molecule has 1 rings (SSSR count). The molecule has 1 aliphatic rings. The van der Waals surface area contributed by atoms with Crippen LogP contribution < -0.4 is 0 Å². The van der Waals surface area contributed by atoms with Crippen molar-refractivity contribution >= 4 is 20.2 Å². The van der Waals surface area contributed by atoms with Gasteiger partial charge in [0.25, 0.3) is 0 Å². The Kier molecular flexibility index (Phi) is 4.08. The molecule has 0 aromatic rings. The smallest absolute Gasteiger partial charge is 0.264 e. The summed E-state index contributed by atoms with van der Waals surface area (Å²) < 4.78 is 53.3. The van der Waals surface area contributed by atoms with E-state index in [9.17, 15) is 8.42 Å². The minimum absolute atomic E-state index is 0.389. The lowest BCUT2D eigenvalue weighted by atomic mass is 10.1. The molecule has 86 valence electrons. The lowest BCUT2D eigenvalue weighted by molar-refractivity contribution is 0.381. The molecule has 0 unspecified atom stereocenters. The van der Waals surface area contributed by atoms with Crippen molar-refractivity contribution in [2.75, 3.05) is 5.75 Å². The molecule has 0 spiro atoms. The Morgan fingerprint density at radius 3 is 1.64 bits per heavy atom. The molecule has 0 saturated carbocycles. The van der Waals surface area contributed by atoms with E-state index in [2.05, 4.69) is 0 Å². The van der Waals surface area contributed by atoms with Crippen LogP contribution in [0.15, 0.2) is 0 Å². The van der Waals surface area contributed by atoms with Crippen molar-refractivity contribution < 1.29 is 25.9 Å². The fraction of sp³-hybridized carbons (Fsp3) is 1.00. The van der Waals surface area contributed by atoms with Gasteiger partial charge in [-0.1, -0.05) is 0 Å². The second-order valence-electron chi connectivity index (χ2n) is 3.63. The van der Waals surface area contributed by atoms with E-state index in [-0.39, 0.29) is 0 Å². The van der Waals surface area contributed by atoms with Gasteiger partial charge in [0, 0.05) is 0 Å². The summed E-state index contributed by atoms with van der Waals surface area (Å²) in [5.74, 6) is 0.389. The van der Waals surface area contributed by atoms with Crippen LogP contribution in [-0.4, -0.2) is 36.4 Å². The minimum atomic E-state index is -4.67. The third kappa shape index (κ3) is 4.89. The highest BCUT2D eigenvalue weighted by molar-refractivity contribution is 7.93. The molecule has 0 radical (unpaired) electrons. The average molecular weight is 246 g/mol. The van der Waals surface area contributed by atoms with Gasteiger partial charge in [0.2, 0.25) is 0 Å². The van der Waals surface area contributed by atoms with E-state index in [0.717, 1.165) is 12.8 Å². The van der Waals surface area contributed by atoms with Crippen LogP contribution >= 0.6 is 0 Å². The van der Waals surface area contributed by atoms with Gasteiger partial charge >= 0.3 is 10.4 Å². The molecule has 0 amide bonds. The van der Waals surface area contributed by atoms with Crippen LogP contribution in [0, 0.1) is 0 Å². The SMILES string of the molecule is CC1(C)CCCS1(=O)=O.O=S(=O)(O)O. The Morgan fingerprint density at radius 2 is 1.57 bits per heavy atom. The summed E-state index contributed by atoms with van der Waals surface area (Å²) in [6, 6.07) is 0. The van der Waals surface area contributed by atoms with E-state index in [4.69, 9.17) is 17.5 Å². The van der Waals surface area contributed by atoms with Crippen LogP contribution in [0.2, 0.25) is 0 Å². The van der Waals surface area contributed by atoms with E-state index in [0.29, 0.717) is 5.75 Å². The third-order valence-corrected chi connectivity index (χ3v) is 4.75. The molecule has 6 nitrogen and oxygen atoms in total. The Hall–Kier alpha value is -0.180. The molecule has 1 aliphatic heterocycles. The normalized spacial score (nSPS) is 23.7. The predicted octanol–water partition coefficient (Wildman–Crippen LogP) is 0.321. The molecule has 1 fully saturated rings. The van der Waals surface area contributed by atoms with Crippen molar-refractivity contribution in [3.63, 3.8) is 0 Å². The summed E-state index contributed by atoms with van der Waals surface area (Å²) in [5, 5.41) is 0. The first-order valence-electron chi connectivity index (χ1n) is 3.88. The predicted molar refractivity (Wildman–Crippen MR) is 51.3 cm³/mol. The first kappa shape index (κ1) is 13.8. The molecular formula is C6H14O6S2. The molecular weight excluding hydrogens is 232 g/mol. The van der Waals surface area contributed by atoms with Gasteiger partial charge in [0.15, 0.2) is 9.84 Å². The van der Waals surface area contributed by atoms with Crippen LogP contribution in [0.5, 0.6) is 0 Å². The van der Waals surface area contributed by atoms with E-state index >= 15 is 0 Å². The van der Waals surface area contributed by atoms with Gasteiger partial charge in [-0.25, -0.2) is 8.42 Å². The molecule has 0 atom stereocenters. The zero-order valence-electron chi connectivity index (χ0n) is 7.97. The summed E-state index contributed by atoms with van der Waals surface area (Å²) in [7, 11) is -7.39. The van der Waals surface area contributed by atoms with E-state index in [1.807, 2.05) is 0 Å². The Balaban J connectivity index is 0.000000292. The fourth-order valence-corrected chi connectivity index (χ4v) is 2.65. The number of rotatable bonds is 0.